The number of halogens is 1. The lowest BCUT2D eigenvalue weighted by Crippen LogP contribution is -2.40. The topological polar surface area (TPSA) is 115 Å². The van der Waals surface area contributed by atoms with Gasteiger partial charge in [-0.15, -0.1) is 0 Å². The number of benzene rings is 1. The van der Waals surface area contributed by atoms with Crippen LogP contribution in [0.3, 0.4) is 0 Å². The highest BCUT2D eigenvalue weighted by Gasteiger charge is 2.31. The monoisotopic (exact) mass is 397 g/mol. The molecule has 0 amide bonds. The number of fused-ring (bicyclic) bond motifs is 1. The van der Waals surface area contributed by atoms with Gasteiger partial charge in [0.25, 0.3) is 0 Å². The van der Waals surface area contributed by atoms with Crippen LogP contribution in [0.5, 0.6) is 5.75 Å². The first-order valence-corrected chi connectivity index (χ1v) is 9.32. The fourth-order valence-corrected chi connectivity index (χ4v) is 4.04. The average molecular weight is 398 g/mol. The predicted molar refractivity (Wildman–Crippen MR) is 107 cm³/mol. The summed E-state index contributed by atoms with van der Waals surface area (Å²) in [5.74, 6) is 1.25. The van der Waals surface area contributed by atoms with E-state index >= 15 is 0 Å². The molecule has 1 fully saturated rings. The van der Waals surface area contributed by atoms with E-state index in [-0.39, 0.29) is 12.0 Å². The van der Waals surface area contributed by atoms with Gasteiger partial charge < -0.3 is 15.8 Å². The van der Waals surface area contributed by atoms with Crippen molar-refractivity contribution >= 4 is 28.5 Å². The van der Waals surface area contributed by atoms with Gasteiger partial charge in [0.2, 0.25) is 0 Å². The molecule has 4 rings (SSSR count). The number of methoxy groups -OCH3 is 1. The molecule has 8 nitrogen and oxygen atoms in total. The van der Waals surface area contributed by atoms with Crippen molar-refractivity contribution in [2.75, 3.05) is 25.9 Å². The largest absolute Gasteiger partial charge is 0.496 e. The van der Waals surface area contributed by atoms with Gasteiger partial charge in [-0.05, 0) is 19.9 Å². The summed E-state index contributed by atoms with van der Waals surface area (Å²) in [5, 5.41) is 18.7. The number of ether oxygens (including phenoxy) is 1. The maximum atomic E-state index is 9.65. The van der Waals surface area contributed by atoms with Gasteiger partial charge in [-0.2, -0.15) is 10.4 Å². The van der Waals surface area contributed by atoms with Crippen molar-refractivity contribution in [3.63, 3.8) is 0 Å². The number of aromatic nitrogens is 4. The molecule has 0 bridgehead atoms. The summed E-state index contributed by atoms with van der Waals surface area (Å²) < 4.78 is 7.58. The number of hydrogen-bond acceptors (Lipinski definition) is 7. The second-order valence-corrected chi connectivity index (χ2v) is 7.31. The third kappa shape index (κ3) is 2.66. The number of nitrogen functional groups attached to an aromatic ring is 1. The Morgan fingerprint density at radius 2 is 2.18 bits per heavy atom. The number of nitrogens with zero attached hydrogens (tertiary/aromatic N) is 5. The summed E-state index contributed by atoms with van der Waals surface area (Å²) in [6, 6.07) is 3.78. The second kappa shape index (κ2) is 6.93. The number of anilines is 1. The Kier molecular flexibility index (Phi) is 4.57. The molecule has 1 aliphatic rings. The molecule has 0 radical (unpaired) electrons. The minimum atomic E-state index is -0.238. The Bertz CT molecular complexity index is 1110. The number of nitriles is 1. The van der Waals surface area contributed by atoms with Gasteiger partial charge in [-0.1, -0.05) is 11.6 Å². The third-order valence-corrected chi connectivity index (χ3v) is 5.61. The van der Waals surface area contributed by atoms with E-state index in [4.69, 9.17) is 22.1 Å². The van der Waals surface area contributed by atoms with Crippen LogP contribution in [0.25, 0.3) is 11.0 Å². The maximum absolute atomic E-state index is 9.65. The number of rotatable bonds is 4. The van der Waals surface area contributed by atoms with Crippen LogP contribution in [0.4, 0.5) is 5.82 Å². The van der Waals surface area contributed by atoms with Gasteiger partial charge in [0.1, 0.15) is 24.0 Å². The van der Waals surface area contributed by atoms with Crippen LogP contribution < -0.4 is 15.8 Å². The minimum Gasteiger partial charge on any atom is -0.496 e. The van der Waals surface area contributed by atoms with Crippen LogP contribution in [0.15, 0.2) is 12.4 Å². The van der Waals surface area contributed by atoms with Crippen LogP contribution >= 0.6 is 11.6 Å². The SMILES string of the molecule is COc1c([C@@H](C)n2nc(C)c3c(N)ncnc32)cc(Cl)c(C#N)c1C1CNC1. The smallest absolute Gasteiger partial charge is 0.164 e. The molecule has 144 valence electrons. The molecular formula is C19H20ClN7O. The van der Waals surface area contributed by atoms with Gasteiger partial charge in [0.05, 0.1) is 34.8 Å². The van der Waals surface area contributed by atoms with Gasteiger partial charge in [-0.25, -0.2) is 14.6 Å². The molecule has 1 atom stereocenters. The third-order valence-electron chi connectivity index (χ3n) is 5.31. The normalized spacial score (nSPS) is 15.2. The minimum absolute atomic E-state index is 0.184. The second-order valence-electron chi connectivity index (χ2n) is 6.90. The highest BCUT2D eigenvalue weighted by molar-refractivity contribution is 6.32. The summed E-state index contributed by atoms with van der Waals surface area (Å²) in [6.45, 7) is 5.44. The molecule has 1 saturated heterocycles. The van der Waals surface area contributed by atoms with Crippen LogP contribution in [0, 0.1) is 18.3 Å². The Balaban J connectivity index is 1.94. The molecule has 0 unspecified atom stereocenters. The predicted octanol–water partition coefficient (Wildman–Crippen LogP) is 2.55. The zero-order chi connectivity index (χ0) is 20.0. The summed E-state index contributed by atoms with van der Waals surface area (Å²) in [5.41, 5.74) is 9.58. The van der Waals surface area contributed by atoms with E-state index in [1.165, 1.54) is 6.33 Å². The van der Waals surface area contributed by atoms with Crippen molar-refractivity contribution in [3.05, 3.63) is 39.8 Å². The molecule has 1 aromatic carbocycles. The van der Waals surface area contributed by atoms with Gasteiger partial charge in [-0.3, -0.25) is 0 Å². The molecule has 3 aromatic rings. The Labute approximate surface area is 167 Å². The molecular weight excluding hydrogens is 378 g/mol. The summed E-state index contributed by atoms with van der Waals surface area (Å²) in [7, 11) is 1.61. The Morgan fingerprint density at radius 3 is 2.79 bits per heavy atom. The van der Waals surface area contributed by atoms with Crippen LogP contribution in [-0.4, -0.2) is 39.9 Å². The van der Waals surface area contributed by atoms with E-state index in [1.807, 2.05) is 13.8 Å². The lowest BCUT2D eigenvalue weighted by Gasteiger charge is -2.31. The zero-order valence-corrected chi connectivity index (χ0v) is 16.6. The molecule has 28 heavy (non-hydrogen) atoms. The lowest BCUT2D eigenvalue weighted by molar-refractivity contribution is 0.375. The van der Waals surface area contributed by atoms with E-state index in [0.29, 0.717) is 27.8 Å². The first-order valence-electron chi connectivity index (χ1n) is 8.94. The number of aryl methyl sites for hydroxylation is 1. The van der Waals surface area contributed by atoms with Crippen molar-refractivity contribution in [1.29, 1.82) is 5.26 Å². The highest BCUT2D eigenvalue weighted by atomic mass is 35.5. The van der Waals surface area contributed by atoms with E-state index in [2.05, 4.69) is 26.5 Å². The quantitative estimate of drug-likeness (QED) is 0.695. The van der Waals surface area contributed by atoms with Crippen molar-refractivity contribution in [3.8, 4) is 11.8 Å². The fourth-order valence-electron chi connectivity index (χ4n) is 3.78. The van der Waals surface area contributed by atoms with Crippen LogP contribution in [0.2, 0.25) is 5.02 Å². The Hall–Kier alpha value is -2.89. The molecule has 9 heteroatoms. The molecule has 3 heterocycles. The summed E-state index contributed by atoms with van der Waals surface area (Å²) in [6.07, 6.45) is 1.43. The van der Waals surface area contributed by atoms with E-state index in [0.717, 1.165) is 35.3 Å². The maximum Gasteiger partial charge on any atom is 0.164 e. The van der Waals surface area contributed by atoms with Gasteiger partial charge in [0, 0.05) is 30.1 Å². The molecule has 3 N–H and O–H groups in total. The van der Waals surface area contributed by atoms with E-state index in [1.54, 1.807) is 17.9 Å². The molecule has 1 aliphatic heterocycles. The average Bonchev–Trinajstić information content (AvgIpc) is 2.97. The van der Waals surface area contributed by atoms with Crippen molar-refractivity contribution < 1.29 is 4.74 Å². The van der Waals surface area contributed by atoms with Crippen molar-refractivity contribution in [2.45, 2.75) is 25.8 Å². The number of nitrogens with two attached hydrogens (primary N) is 1. The molecule has 2 aromatic heterocycles. The van der Waals surface area contributed by atoms with Crippen LogP contribution in [0.1, 0.15) is 41.3 Å². The molecule has 0 aliphatic carbocycles. The summed E-state index contributed by atoms with van der Waals surface area (Å²) in [4.78, 5) is 8.44. The lowest BCUT2D eigenvalue weighted by atomic mass is 9.86. The first-order chi connectivity index (χ1) is 13.5. The van der Waals surface area contributed by atoms with Gasteiger partial charge in [0.15, 0.2) is 5.65 Å². The zero-order valence-electron chi connectivity index (χ0n) is 15.8. The van der Waals surface area contributed by atoms with Crippen molar-refractivity contribution in [2.24, 2.45) is 0 Å². The van der Waals surface area contributed by atoms with E-state index < -0.39 is 0 Å². The van der Waals surface area contributed by atoms with Crippen molar-refractivity contribution in [1.82, 2.24) is 25.1 Å². The fraction of sp³-hybridized carbons (Fsp3) is 0.368. The molecule has 0 saturated carbocycles. The van der Waals surface area contributed by atoms with Gasteiger partial charge >= 0.3 is 0 Å². The number of nitrogens with one attached hydrogen (secondary N) is 1. The summed E-state index contributed by atoms with van der Waals surface area (Å²) >= 11 is 6.50. The molecule has 0 spiro atoms. The van der Waals surface area contributed by atoms with Crippen LogP contribution in [-0.2, 0) is 0 Å². The first kappa shape index (κ1) is 18.5. The number of hydrogen-bond donors (Lipinski definition) is 2. The highest BCUT2D eigenvalue weighted by Crippen LogP contribution is 2.42. The standard InChI is InChI=1S/C19H20ClN7O/c1-9-15-18(22)24-8-25-19(15)27(26-9)10(2)12-4-14(20)13(5-21)16(17(12)28-3)11-6-23-7-11/h4,8,10-11,23H,6-7H2,1-3H3,(H2,22,24,25)/t10-/m1/s1. The Morgan fingerprint density at radius 1 is 1.43 bits per heavy atom. The van der Waals surface area contributed by atoms with E-state index in [9.17, 15) is 5.26 Å².